The van der Waals surface area contributed by atoms with Gasteiger partial charge in [0, 0.05) is 29.5 Å². The largest absolute Gasteiger partial charge is 0.480 e. The molecular formula is C14H15ClFN3O2. The SMILES string of the molecule is CN(CCn1cccn1)[C@@H](C(=O)O)c1c(F)cccc1Cl. The molecule has 0 bridgehead atoms. The molecule has 0 saturated heterocycles. The van der Waals surface area contributed by atoms with Crippen molar-refractivity contribution in [3.8, 4) is 0 Å². The van der Waals surface area contributed by atoms with Gasteiger partial charge in [0.15, 0.2) is 0 Å². The highest BCUT2D eigenvalue weighted by molar-refractivity contribution is 6.31. The normalized spacial score (nSPS) is 12.6. The number of hydrogen-bond donors (Lipinski definition) is 1. The first-order chi connectivity index (χ1) is 10.0. The lowest BCUT2D eigenvalue weighted by atomic mass is 10.0. The lowest BCUT2D eigenvalue weighted by Gasteiger charge is -2.25. The zero-order valence-corrected chi connectivity index (χ0v) is 12.2. The highest BCUT2D eigenvalue weighted by Gasteiger charge is 2.29. The molecule has 112 valence electrons. The molecule has 0 aliphatic rings. The Hall–Kier alpha value is -1.92. The third-order valence-corrected chi connectivity index (χ3v) is 3.52. The molecule has 0 aliphatic carbocycles. The Bertz CT molecular complexity index is 598. The standard InChI is InChI=1S/C14H15ClFN3O2/c1-18(8-9-19-7-3-6-17-19)13(14(20)21)12-10(15)4-2-5-11(12)16/h2-7,13H,8-9H2,1H3,(H,20,21)/t13-/m1/s1. The van der Waals surface area contributed by atoms with Gasteiger partial charge in [0.2, 0.25) is 0 Å². The van der Waals surface area contributed by atoms with Crippen LogP contribution in [0.5, 0.6) is 0 Å². The van der Waals surface area contributed by atoms with E-state index in [0.29, 0.717) is 13.1 Å². The lowest BCUT2D eigenvalue weighted by Crippen LogP contribution is -2.34. The van der Waals surface area contributed by atoms with Crippen molar-refractivity contribution in [3.05, 3.63) is 53.1 Å². The monoisotopic (exact) mass is 311 g/mol. The molecule has 1 heterocycles. The van der Waals surface area contributed by atoms with Gasteiger partial charge in [-0.25, -0.2) is 4.39 Å². The van der Waals surface area contributed by atoms with Gasteiger partial charge in [-0.3, -0.25) is 14.4 Å². The van der Waals surface area contributed by atoms with Crippen molar-refractivity contribution in [2.24, 2.45) is 0 Å². The molecule has 0 unspecified atom stereocenters. The van der Waals surface area contributed by atoms with Gasteiger partial charge in [0.05, 0.1) is 6.54 Å². The minimum Gasteiger partial charge on any atom is -0.480 e. The van der Waals surface area contributed by atoms with Gasteiger partial charge in [-0.2, -0.15) is 5.10 Å². The molecule has 0 radical (unpaired) electrons. The third-order valence-electron chi connectivity index (χ3n) is 3.19. The van der Waals surface area contributed by atoms with Crippen molar-refractivity contribution in [2.45, 2.75) is 12.6 Å². The highest BCUT2D eigenvalue weighted by Crippen LogP contribution is 2.29. The van der Waals surface area contributed by atoms with Gasteiger partial charge in [-0.15, -0.1) is 0 Å². The predicted molar refractivity (Wildman–Crippen MR) is 76.6 cm³/mol. The van der Waals surface area contributed by atoms with Crippen molar-refractivity contribution in [3.63, 3.8) is 0 Å². The molecule has 1 N–H and O–H groups in total. The van der Waals surface area contributed by atoms with Crippen LogP contribution in [0.15, 0.2) is 36.7 Å². The average molecular weight is 312 g/mol. The fourth-order valence-corrected chi connectivity index (χ4v) is 2.39. The smallest absolute Gasteiger partial charge is 0.325 e. The van der Waals surface area contributed by atoms with Gasteiger partial charge in [-0.05, 0) is 25.2 Å². The van der Waals surface area contributed by atoms with E-state index >= 15 is 0 Å². The molecular weight excluding hydrogens is 297 g/mol. The molecule has 0 aliphatic heterocycles. The van der Waals surface area contributed by atoms with Gasteiger partial charge >= 0.3 is 5.97 Å². The number of rotatable bonds is 6. The Kier molecular flexibility index (Phi) is 4.93. The molecule has 1 aromatic carbocycles. The zero-order chi connectivity index (χ0) is 15.4. The number of likely N-dealkylation sites (N-methyl/N-ethyl adjacent to an activating group) is 1. The van der Waals surface area contributed by atoms with Crippen LogP contribution < -0.4 is 0 Å². The number of benzene rings is 1. The molecule has 0 fully saturated rings. The molecule has 2 aromatic rings. The Labute approximate surface area is 126 Å². The van der Waals surface area contributed by atoms with E-state index in [4.69, 9.17) is 11.6 Å². The molecule has 7 heteroatoms. The van der Waals surface area contributed by atoms with Crippen LogP contribution >= 0.6 is 11.6 Å². The summed E-state index contributed by atoms with van der Waals surface area (Å²) in [6.45, 7) is 0.892. The quantitative estimate of drug-likeness (QED) is 0.890. The average Bonchev–Trinajstić information content (AvgIpc) is 2.93. The number of aliphatic carboxylic acids is 1. The second kappa shape index (κ2) is 6.69. The minimum atomic E-state index is -1.15. The first-order valence-electron chi connectivity index (χ1n) is 6.35. The van der Waals surface area contributed by atoms with Crippen molar-refractivity contribution >= 4 is 17.6 Å². The van der Waals surface area contributed by atoms with Gasteiger partial charge in [-0.1, -0.05) is 17.7 Å². The first-order valence-corrected chi connectivity index (χ1v) is 6.73. The fourth-order valence-electron chi connectivity index (χ4n) is 2.13. The molecule has 1 atom stereocenters. The maximum Gasteiger partial charge on any atom is 0.325 e. The van der Waals surface area contributed by atoms with Crippen LogP contribution in [0.25, 0.3) is 0 Å². The van der Waals surface area contributed by atoms with E-state index in [9.17, 15) is 14.3 Å². The van der Waals surface area contributed by atoms with E-state index < -0.39 is 17.8 Å². The van der Waals surface area contributed by atoms with Gasteiger partial charge < -0.3 is 5.11 Å². The summed E-state index contributed by atoms with van der Waals surface area (Å²) >= 11 is 5.96. The summed E-state index contributed by atoms with van der Waals surface area (Å²) < 4.78 is 15.6. The van der Waals surface area contributed by atoms with Crippen LogP contribution in [0.1, 0.15) is 11.6 Å². The van der Waals surface area contributed by atoms with Gasteiger partial charge in [0.1, 0.15) is 11.9 Å². The predicted octanol–water partition coefficient (Wildman–Crippen LogP) is 2.43. The fraction of sp³-hybridized carbons (Fsp3) is 0.286. The summed E-state index contributed by atoms with van der Waals surface area (Å²) in [6.07, 6.45) is 3.42. The number of carboxylic acids is 1. The Morgan fingerprint density at radius 2 is 2.29 bits per heavy atom. The van der Waals surface area contributed by atoms with Crippen LogP contribution in [0.4, 0.5) is 4.39 Å². The number of carbonyl (C=O) groups is 1. The number of aromatic nitrogens is 2. The Balaban J connectivity index is 2.20. The lowest BCUT2D eigenvalue weighted by molar-refractivity contribution is -0.143. The molecule has 5 nitrogen and oxygen atoms in total. The maximum atomic E-state index is 13.9. The molecule has 0 saturated carbocycles. The summed E-state index contributed by atoms with van der Waals surface area (Å²) in [5.74, 6) is -1.77. The highest BCUT2D eigenvalue weighted by atomic mass is 35.5. The van der Waals surface area contributed by atoms with Crippen molar-refractivity contribution < 1.29 is 14.3 Å². The number of hydrogen-bond acceptors (Lipinski definition) is 3. The topological polar surface area (TPSA) is 58.4 Å². The minimum absolute atomic E-state index is 0.0189. The summed E-state index contributed by atoms with van der Waals surface area (Å²) in [6, 6.07) is 4.77. The van der Waals surface area contributed by atoms with E-state index in [-0.39, 0.29) is 10.6 Å². The number of carboxylic acid groups (broad SMARTS) is 1. The van der Waals surface area contributed by atoms with E-state index in [1.807, 2.05) is 0 Å². The van der Waals surface area contributed by atoms with Crippen molar-refractivity contribution in [1.29, 1.82) is 0 Å². The molecule has 0 spiro atoms. The summed E-state index contributed by atoms with van der Waals surface area (Å²) in [5, 5.41) is 13.6. The van der Waals surface area contributed by atoms with Crippen LogP contribution in [0.2, 0.25) is 5.02 Å². The van der Waals surface area contributed by atoms with Crippen molar-refractivity contribution in [2.75, 3.05) is 13.6 Å². The Morgan fingerprint density at radius 1 is 1.52 bits per heavy atom. The number of halogens is 2. The Morgan fingerprint density at radius 3 is 2.86 bits per heavy atom. The second-order valence-electron chi connectivity index (χ2n) is 4.63. The van der Waals surface area contributed by atoms with E-state index in [1.165, 1.54) is 23.1 Å². The van der Waals surface area contributed by atoms with Gasteiger partial charge in [0.25, 0.3) is 0 Å². The summed E-state index contributed by atoms with van der Waals surface area (Å²) in [5.41, 5.74) is -0.0189. The molecule has 1 aromatic heterocycles. The summed E-state index contributed by atoms with van der Waals surface area (Å²) in [7, 11) is 1.62. The van der Waals surface area contributed by atoms with Crippen molar-refractivity contribution in [1.82, 2.24) is 14.7 Å². The number of nitrogens with zero attached hydrogens (tertiary/aromatic N) is 3. The second-order valence-corrected chi connectivity index (χ2v) is 5.03. The zero-order valence-electron chi connectivity index (χ0n) is 11.4. The van der Waals surface area contributed by atoms with E-state index in [2.05, 4.69) is 5.10 Å². The first kappa shape index (κ1) is 15.5. The maximum absolute atomic E-state index is 13.9. The van der Waals surface area contributed by atoms with Crippen LogP contribution in [-0.2, 0) is 11.3 Å². The van der Waals surface area contributed by atoms with E-state index in [0.717, 1.165) is 0 Å². The molecule has 0 amide bonds. The summed E-state index contributed by atoms with van der Waals surface area (Å²) in [4.78, 5) is 13.1. The van der Waals surface area contributed by atoms with Crippen LogP contribution in [0.3, 0.4) is 0 Å². The molecule has 2 rings (SSSR count). The molecule has 21 heavy (non-hydrogen) atoms. The van der Waals surface area contributed by atoms with Crippen LogP contribution in [-0.4, -0.2) is 39.3 Å². The van der Waals surface area contributed by atoms with Crippen LogP contribution in [0, 0.1) is 5.82 Å². The van der Waals surface area contributed by atoms with E-state index in [1.54, 1.807) is 30.2 Å². The third kappa shape index (κ3) is 3.59.